The van der Waals surface area contributed by atoms with Crippen LogP contribution in [0.3, 0.4) is 0 Å². The minimum atomic E-state index is -0.483. The molecule has 8 atom stereocenters. The summed E-state index contributed by atoms with van der Waals surface area (Å²) in [5.41, 5.74) is 2.84. The molecule has 0 aromatic carbocycles. The number of unbranched alkanes of at least 4 members (excludes halogenated alkanes) is 2. The summed E-state index contributed by atoms with van der Waals surface area (Å²) in [5.74, 6) is 5.10. The molecule has 42 heavy (non-hydrogen) atoms. The van der Waals surface area contributed by atoms with Crippen molar-refractivity contribution < 1.29 is 47.0 Å². The fourth-order valence-electron chi connectivity index (χ4n) is 9.56. The minimum absolute atomic E-state index is 0. The molecule has 3 nitrogen and oxygen atoms in total. The molecule has 3 saturated carbocycles. The molecule has 0 N–H and O–H groups in total. The Balaban J connectivity index is 0.000000603. The maximum atomic E-state index is 9.95. The van der Waals surface area contributed by atoms with E-state index in [1.165, 1.54) is 83.5 Å². The van der Waals surface area contributed by atoms with Crippen molar-refractivity contribution >= 4 is 5.97 Å². The van der Waals surface area contributed by atoms with E-state index < -0.39 is 5.97 Å². The van der Waals surface area contributed by atoms with Crippen molar-refractivity contribution in [1.29, 1.82) is 0 Å². The van der Waals surface area contributed by atoms with Crippen molar-refractivity contribution in [3.8, 4) is 0 Å². The Morgan fingerprint density at radius 1 is 1.05 bits per heavy atom. The summed E-state index contributed by atoms with van der Waals surface area (Å²) in [6, 6.07) is 0. The van der Waals surface area contributed by atoms with E-state index in [0.29, 0.717) is 23.5 Å². The Hall–Kier alpha value is -0.116. The predicted molar refractivity (Wildman–Crippen MR) is 173 cm³/mol. The molecule has 0 bridgehead atoms. The van der Waals surface area contributed by atoms with Gasteiger partial charge in [0.1, 0.15) is 6.61 Å². The van der Waals surface area contributed by atoms with Crippen molar-refractivity contribution in [2.45, 2.75) is 138 Å². The van der Waals surface area contributed by atoms with Gasteiger partial charge in [-0.3, -0.25) is 11.7 Å². The van der Waals surface area contributed by atoms with Crippen LogP contribution in [0.2, 0.25) is 0 Å². The molecule has 3 fully saturated rings. The number of allylic oxidation sites excluding steroid dienone is 2. The topological polar surface area (TPSA) is 35.5 Å². The molecule has 239 valence electrons. The molecule has 4 heteroatoms. The molecular formula is C38H64O3Y-2. The number of hydrogen-bond acceptors (Lipinski definition) is 3. The minimum Gasteiger partial charge on any atom is -0.484 e. The smallest absolute Gasteiger partial charge is 0.164 e. The van der Waals surface area contributed by atoms with Gasteiger partial charge in [0.05, 0.1) is 6.10 Å². The van der Waals surface area contributed by atoms with Crippen molar-refractivity contribution in [3.05, 3.63) is 37.6 Å². The van der Waals surface area contributed by atoms with Crippen molar-refractivity contribution in [2.75, 3.05) is 13.2 Å². The van der Waals surface area contributed by atoms with E-state index >= 15 is 0 Å². The number of carbonyl (C=O) groups excluding carboxylic acids is 1. The third kappa shape index (κ3) is 9.69. The molecule has 0 spiro atoms. The monoisotopic (exact) mass is 657 g/mol. The molecule has 3 unspecified atom stereocenters. The summed E-state index contributed by atoms with van der Waals surface area (Å²) in [5, 5.41) is 0. The number of rotatable bonds is 12. The number of fused-ring (bicyclic) bond motifs is 5. The van der Waals surface area contributed by atoms with Crippen LogP contribution < -0.4 is 0 Å². The van der Waals surface area contributed by atoms with E-state index in [2.05, 4.69) is 59.3 Å². The Kier molecular flexibility index (Phi) is 16.4. The van der Waals surface area contributed by atoms with Gasteiger partial charge < -0.3 is 16.4 Å². The molecule has 4 rings (SSSR count). The largest absolute Gasteiger partial charge is 0.484 e. The van der Waals surface area contributed by atoms with Crippen LogP contribution in [-0.4, -0.2) is 25.3 Å². The van der Waals surface area contributed by atoms with Crippen LogP contribution in [0.4, 0.5) is 0 Å². The predicted octanol–water partition coefficient (Wildman–Crippen LogP) is 10.4. The molecule has 1 radical (unpaired) electrons. The number of ether oxygens (including phenoxy) is 2. The third-order valence-corrected chi connectivity index (χ3v) is 11.8. The van der Waals surface area contributed by atoms with E-state index in [-0.39, 0.29) is 32.7 Å². The Labute approximate surface area is 286 Å². The molecule has 4 aliphatic rings. The molecule has 0 aromatic rings. The Morgan fingerprint density at radius 3 is 2.48 bits per heavy atom. The fraction of sp³-hybridized carbons (Fsp3) is 0.816. The second-order valence-electron chi connectivity index (χ2n) is 14.8. The first-order valence-electron chi connectivity index (χ1n) is 17.3. The van der Waals surface area contributed by atoms with E-state index in [4.69, 9.17) is 4.74 Å². The maximum absolute atomic E-state index is 9.95. The van der Waals surface area contributed by atoms with Crippen LogP contribution in [-0.2, 0) is 47.0 Å². The van der Waals surface area contributed by atoms with Crippen LogP contribution in [0, 0.1) is 60.2 Å². The van der Waals surface area contributed by atoms with Crippen LogP contribution >= 0.6 is 0 Å². The van der Waals surface area contributed by atoms with Gasteiger partial charge >= 0.3 is 0 Å². The average molecular weight is 658 g/mol. The Bertz CT molecular complexity index is 864. The van der Waals surface area contributed by atoms with Crippen LogP contribution in [0.15, 0.2) is 23.8 Å². The standard InChI is InChI=1S/C32H55O.C6H9O2.Y/c1-7-8-9-21-33-26-17-19-31(5)25(22-26)13-14-27-29-16-15-28(24(4)12-10-11-23(2)3)32(29,6)20-18-30(27)31;1-3-4-5-8-6(2)7;/h13,23-24,26-30H,1,7-12,14-22H2,2-6H3;3-4H,2,5H2,1H3;/q2*-1;/b;4-3+;/t24-,26+,27?,28-,29?,30?,31+,32-;;/m1../s1. The summed E-state index contributed by atoms with van der Waals surface area (Å²) < 4.78 is 10.8. The normalized spacial score (nSPS) is 34.3. The van der Waals surface area contributed by atoms with Gasteiger partial charge in [-0.1, -0.05) is 84.1 Å². The molecule has 4 aliphatic carbocycles. The van der Waals surface area contributed by atoms with Gasteiger partial charge in [-0.25, -0.2) is 0 Å². The molecule has 0 aliphatic heterocycles. The van der Waals surface area contributed by atoms with Gasteiger partial charge in [-0.2, -0.15) is 6.42 Å². The summed E-state index contributed by atoms with van der Waals surface area (Å²) in [4.78, 5) is 9.95. The molecular weight excluding hydrogens is 593 g/mol. The second-order valence-corrected chi connectivity index (χ2v) is 14.8. The molecule has 0 heterocycles. The van der Waals surface area contributed by atoms with E-state index in [9.17, 15) is 4.79 Å². The van der Waals surface area contributed by atoms with E-state index in [1.807, 2.05) is 13.0 Å². The fourth-order valence-corrected chi connectivity index (χ4v) is 9.56. The van der Waals surface area contributed by atoms with Crippen LogP contribution in [0.5, 0.6) is 0 Å². The van der Waals surface area contributed by atoms with E-state index in [0.717, 1.165) is 48.5 Å². The second kappa shape index (κ2) is 18.1. The number of hydrogen-bond donors (Lipinski definition) is 0. The zero-order chi connectivity index (χ0) is 30.0. The summed E-state index contributed by atoms with van der Waals surface area (Å²) in [6.45, 7) is 22.9. The quantitative estimate of drug-likeness (QED) is 0.0907. The zero-order valence-electron chi connectivity index (χ0n) is 28.3. The number of carbonyl (C=O) groups is 1. The molecule has 0 amide bonds. The summed E-state index contributed by atoms with van der Waals surface area (Å²) in [7, 11) is 0. The van der Waals surface area contributed by atoms with Gasteiger partial charge in [0.25, 0.3) is 0 Å². The summed E-state index contributed by atoms with van der Waals surface area (Å²) in [6.07, 6.45) is 25.7. The van der Waals surface area contributed by atoms with Crippen LogP contribution in [0.1, 0.15) is 131 Å². The average Bonchev–Trinajstić information content (AvgIpc) is 3.28. The van der Waals surface area contributed by atoms with Crippen molar-refractivity contribution in [2.24, 2.45) is 46.3 Å². The first-order valence-corrected chi connectivity index (χ1v) is 17.3. The third-order valence-electron chi connectivity index (χ3n) is 11.8. The van der Waals surface area contributed by atoms with Crippen LogP contribution in [0.25, 0.3) is 0 Å². The van der Waals surface area contributed by atoms with E-state index in [1.54, 1.807) is 11.6 Å². The van der Waals surface area contributed by atoms with Crippen molar-refractivity contribution in [1.82, 2.24) is 0 Å². The first kappa shape index (κ1) is 38.1. The van der Waals surface area contributed by atoms with Gasteiger partial charge in [0, 0.05) is 39.3 Å². The summed E-state index contributed by atoms with van der Waals surface area (Å²) >= 11 is 0. The molecule has 0 aromatic heterocycles. The van der Waals surface area contributed by atoms with Gasteiger partial charge in [0.2, 0.25) is 0 Å². The molecule has 0 saturated heterocycles. The van der Waals surface area contributed by atoms with Crippen molar-refractivity contribution in [3.63, 3.8) is 0 Å². The maximum Gasteiger partial charge on any atom is 0.164 e. The Morgan fingerprint density at radius 2 is 1.81 bits per heavy atom. The first-order chi connectivity index (χ1) is 19.6. The zero-order valence-corrected chi connectivity index (χ0v) is 31.1. The number of esters is 1. The SMILES string of the molecule is [CH2-]C(=O)OC/C=C/C.[CH2-]CCCCO[C@H]1CC[C@@]2(C)C(=CCC3C2CC[C@@]2(C)C3CC[C@@H]2[C@H](C)CCCC(C)C)C1.[Y]. The van der Waals surface area contributed by atoms with Gasteiger partial charge in [-0.05, 0) is 111 Å². The van der Waals surface area contributed by atoms with Gasteiger partial charge in [0.15, 0.2) is 5.97 Å². The van der Waals surface area contributed by atoms with Gasteiger partial charge in [-0.15, -0.1) is 0 Å².